The van der Waals surface area contributed by atoms with Gasteiger partial charge >= 0.3 is 0 Å². The van der Waals surface area contributed by atoms with E-state index in [0.717, 1.165) is 6.54 Å². The zero-order chi connectivity index (χ0) is 23.2. The Hall–Kier alpha value is -3.65. The number of anilines is 1. The average Bonchev–Trinajstić information content (AvgIpc) is 3.48. The van der Waals surface area contributed by atoms with E-state index in [2.05, 4.69) is 29.4 Å². The van der Waals surface area contributed by atoms with Crippen molar-refractivity contribution in [1.29, 1.82) is 0 Å². The molecule has 0 saturated carbocycles. The van der Waals surface area contributed by atoms with Gasteiger partial charge in [0.25, 0.3) is 5.91 Å². The van der Waals surface area contributed by atoms with E-state index in [4.69, 9.17) is 4.42 Å². The lowest BCUT2D eigenvalue weighted by Crippen LogP contribution is -2.12. The minimum absolute atomic E-state index is 0.0282. The Kier molecular flexibility index (Phi) is 7.04. The molecule has 7 nitrogen and oxygen atoms in total. The van der Waals surface area contributed by atoms with Gasteiger partial charge in [0.05, 0.1) is 12.0 Å². The van der Waals surface area contributed by atoms with Gasteiger partial charge in [-0.3, -0.25) is 14.2 Å². The summed E-state index contributed by atoms with van der Waals surface area (Å²) >= 11 is 1.35. The van der Waals surface area contributed by atoms with Crippen molar-refractivity contribution in [3.63, 3.8) is 0 Å². The van der Waals surface area contributed by atoms with Gasteiger partial charge in [0.2, 0.25) is 0 Å². The molecular formula is C25H24N4O3S. The number of nitrogens with zero attached hydrogens (tertiary/aromatic N) is 3. The summed E-state index contributed by atoms with van der Waals surface area (Å²) in [5, 5.41) is 12.1. The monoisotopic (exact) mass is 460 g/mol. The number of ketones is 1. The first-order valence-electron chi connectivity index (χ1n) is 10.6. The Labute approximate surface area is 196 Å². The summed E-state index contributed by atoms with van der Waals surface area (Å²) in [7, 11) is 0. The van der Waals surface area contributed by atoms with Crippen LogP contribution in [0, 0.1) is 5.92 Å². The maximum Gasteiger partial charge on any atom is 0.255 e. The molecule has 1 amide bonds. The molecule has 0 unspecified atom stereocenters. The smallest absolute Gasteiger partial charge is 0.255 e. The van der Waals surface area contributed by atoms with Gasteiger partial charge in [-0.15, -0.1) is 10.2 Å². The highest BCUT2D eigenvalue weighted by atomic mass is 32.2. The average molecular weight is 461 g/mol. The number of benzene rings is 2. The molecule has 33 heavy (non-hydrogen) atoms. The molecule has 0 spiro atoms. The van der Waals surface area contributed by atoms with E-state index >= 15 is 0 Å². The number of Topliss-reactive ketones (excluding diaryl/α,β-unsaturated/α-hetero) is 1. The Balaban J connectivity index is 1.40. The van der Waals surface area contributed by atoms with E-state index in [0.29, 0.717) is 39.5 Å². The van der Waals surface area contributed by atoms with Gasteiger partial charge in [-0.2, -0.15) is 0 Å². The van der Waals surface area contributed by atoms with Crippen molar-refractivity contribution >= 4 is 29.1 Å². The summed E-state index contributed by atoms with van der Waals surface area (Å²) in [6, 6.07) is 19.5. The highest BCUT2D eigenvalue weighted by Crippen LogP contribution is 2.26. The van der Waals surface area contributed by atoms with Crippen molar-refractivity contribution in [3.8, 4) is 11.6 Å². The highest BCUT2D eigenvalue weighted by Gasteiger charge is 2.18. The summed E-state index contributed by atoms with van der Waals surface area (Å²) in [6.07, 6.45) is 1.60. The number of hydrogen-bond acceptors (Lipinski definition) is 6. The first kappa shape index (κ1) is 22.5. The number of aromatic nitrogens is 3. The van der Waals surface area contributed by atoms with Crippen LogP contribution in [0.25, 0.3) is 11.6 Å². The standard InChI is InChI=1S/C25H24N4O3S/c1-17(2)15-29-23(22-9-6-14-32-22)27-28-25(29)33-16-21(30)18-10-12-20(13-11-18)26-24(31)19-7-4-3-5-8-19/h3-14,17H,15-16H2,1-2H3,(H,26,31). The van der Waals surface area contributed by atoms with Gasteiger partial charge in [-0.05, 0) is 54.4 Å². The van der Waals surface area contributed by atoms with Gasteiger partial charge in [0, 0.05) is 23.4 Å². The van der Waals surface area contributed by atoms with Gasteiger partial charge in [0.15, 0.2) is 22.5 Å². The molecule has 0 fully saturated rings. The number of hydrogen-bond donors (Lipinski definition) is 1. The summed E-state index contributed by atoms with van der Waals surface area (Å²) in [5.41, 5.74) is 1.78. The molecule has 0 aliphatic heterocycles. The molecule has 1 N–H and O–H groups in total. The van der Waals surface area contributed by atoms with Crippen molar-refractivity contribution in [1.82, 2.24) is 14.8 Å². The van der Waals surface area contributed by atoms with Crippen LogP contribution >= 0.6 is 11.8 Å². The quantitative estimate of drug-likeness (QED) is 0.265. The van der Waals surface area contributed by atoms with Crippen LogP contribution in [-0.2, 0) is 6.54 Å². The molecule has 0 saturated heterocycles. The van der Waals surface area contributed by atoms with Crippen LogP contribution in [0.5, 0.6) is 0 Å². The summed E-state index contributed by atoms with van der Waals surface area (Å²) < 4.78 is 7.48. The third-order valence-electron chi connectivity index (χ3n) is 4.84. The van der Waals surface area contributed by atoms with Crippen molar-refractivity contribution in [2.75, 3.05) is 11.1 Å². The van der Waals surface area contributed by atoms with Gasteiger partial charge in [0.1, 0.15) is 0 Å². The minimum atomic E-state index is -0.193. The number of carbonyl (C=O) groups is 2. The lowest BCUT2D eigenvalue weighted by atomic mass is 10.1. The van der Waals surface area contributed by atoms with E-state index in [-0.39, 0.29) is 17.4 Å². The van der Waals surface area contributed by atoms with Crippen molar-refractivity contribution in [2.24, 2.45) is 5.92 Å². The van der Waals surface area contributed by atoms with Crippen LogP contribution in [0.15, 0.2) is 82.6 Å². The van der Waals surface area contributed by atoms with E-state index in [1.54, 1.807) is 42.7 Å². The summed E-state index contributed by atoms with van der Waals surface area (Å²) in [5.74, 6) is 1.69. The molecule has 0 aliphatic carbocycles. The topological polar surface area (TPSA) is 90.0 Å². The fourth-order valence-electron chi connectivity index (χ4n) is 3.26. The molecule has 2 heterocycles. The molecule has 0 bridgehead atoms. The second-order valence-electron chi connectivity index (χ2n) is 7.90. The highest BCUT2D eigenvalue weighted by molar-refractivity contribution is 7.99. The first-order valence-corrected chi connectivity index (χ1v) is 11.6. The zero-order valence-corrected chi connectivity index (χ0v) is 19.2. The van der Waals surface area contributed by atoms with Crippen molar-refractivity contribution in [3.05, 3.63) is 84.1 Å². The number of carbonyl (C=O) groups excluding carboxylic acids is 2. The maximum atomic E-state index is 12.8. The lowest BCUT2D eigenvalue weighted by Gasteiger charge is -2.11. The lowest BCUT2D eigenvalue weighted by molar-refractivity contribution is 0.101. The Morgan fingerprint density at radius 3 is 2.39 bits per heavy atom. The van der Waals surface area contributed by atoms with Crippen molar-refractivity contribution < 1.29 is 14.0 Å². The molecule has 2 aromatic carbocycles. The predicted octanol–water partition coefficient (Wildman–Crippen LogP) is 5.42. The largest absolute Gasteiger partial charge is 0.461 e. The number of furan rings is 1. The van der Waals surface area contributed by atoms with Crippen LogP contribution in [0.1, 0.15) is 34.6 Å². The molecule has 0 atom stereocenters. The van der Waals surface area contributed by atoms with E-state index in [1.807, 2.05) is 34.9 Å². The van der Waals surface area contributed by atoms with E-state index < -0.39 is 0 Å². The summed E-state index contributed by atoms with van der Waals surface area (Å²) in [4.78, 5) is 25.0. The van der Waals surface area contributed by atoms with Crippen LogP contribution in [-0.4, -0.2) is 32.2 Å². The predicted molar refractivity (Wildman–Crippen MR) is 128 cm³/mol. The van der Waals surface area contributed by atoms with Gasteiger partial charge < -0.3 is 9.73 Å². The van der Waals surface area contributed by atoms with Crippen LogP contribution < -0.4 is 5.32 Å². The van der Waals surface area contributed by atoms with Gasteiger partial charge in [-0.1, -0.05) is 43.8 Å². The third kappa shape index (κ3) is 5.59. The number of nitrogens with one attached hydrogen (secondary N) is 1. The normalized spacial score (nSPS) is 11.0. The fraction of sp³-hybridized carbons (Fsp3) is 0.200. The molecule has 4 rings (SSSR count). The second kappa shape index (κ2) is 10.3. The Morgan fingerprint density at radius 1 is 0.970 bits per heavy atom. The molecule has 0 aliphatic rings. The first-order chi connectivity index (χ1) is 16.0. The molecule has 8 heteroatoms. The molecular weight excluding hydrogens is 436 g/mol. The second-order valence-corrected chi connectivity index (χ2v) is 8.84. The number of rotatable bonds is 9. The summed E-state index contributed by atoms with van der Waals surface area (Å²) in [6.45, 7) is 4.95. The SMILES string of the molecule is CC(C)Cn1c(SCC(=O)c2ccc(NC(=O)c3ccccc3)cc2)nnc1-c1ccco1. The number of amides is 1. The molecule has 168 valence electrons. The third-order valence-corrected chi connectivity index (χ3v) is 5.81. The maximum absolute atomic E-state index is 12.8. The fourth-order valence-corrected chi connectivity index (χ4v) is 4.10. The molecule has 0 radical (unpaired) electrons. The van der Waals surface area contributed by atoms with Crippen LogP contribution in [0.4, 0.5) is 5.69 Å². The van der Waals surface area contributed by atoms with Crippen LogP contribution in [0.3, 0.4) is 0 Å². The Morgan fingerprint density at radius 2 is 1.73 bits per heavy atom. The van der Waals surface area contributed by atoms with E-state index in [9.17, 15) is 9.59 Å². The molecule has 4 aromatic rings. The van der Waals surface area contributed by atoms with E-state index in [1.165, 1.54) is 11.8 Å². The van der Waals surface area contributed by atoms with Crippen LogP contribution in [0.2, 0.25) is 0 Å². The Bertz CT molecular complexity index is 1220. The minimum Gasteiger partial charge on any atom is -0.461 e. The van der Waals surface area contributed by atoms with Gasteiger partial charge in [-0.25, -0.2) is 0 Å². The molecule has 2 aromatic heterocycles. The number of thioether (sulfide) groups is 1. The van der Waals surface area contributed by atoms with Crippen molar-refractivity contribution in [2.45, 2.75) is 25.5 Å². The zero-order valence-electron chi connectivity index (χ0n) is 18.4.